The van der Waals surface area contributed by atoms with Crippen LogP contribution in [0.5, 0.6) is 0 Å². The molecule has 5 rings (SSSR count). The molecule has 1 fully saturated rings. The van der Waals surface area contributed by atoms with E-state index < -0.39 is 0 Å². The molecule has 0 unspecified atom stereocenters. The summed E-state index contributed by atoms with van der Waals surface area (Å²) in [6.07, 6.45) is 9.07. The number of aromatic amines is 1. The molecule has 144 valence electrons. The molecule has 28 heavy (non-hydrogen) atoms. The molecule has 5 heteroatoms. The molecular weight excluding hydrogens is 348 g/mol. The Hall–Kier alpha value is -2.82. The van der Waals surface area contributed by atoms with Gasteiger partial charge in [0.25, 0.3) is 5.91 Å². The molecule has 1 aliphatic carbocycles. The van der Waals surface area contributed by atoms with Gasteiger partial charge in [0.2, 0.25) is 0 Å². The maximum absolute atomic E-state index is 12.7. The summed E-state index contributed by atoms with van der Waals surface area (Å²) in [7, 11) is 0. The van der Waals surface area contributed by atoms with Crippen molar-refractivity contribution in [3.63, 3.8) is 0 Å². The van der Waals surface area contributed by atoms with Crippen LogP contribution in [0.3, 0.4) is 0 Å². The van der Waals surface area contributed by atoms with Crippen molar-refractivity contribution in [2.45, 2.75) is 45.1 Å². The van der Waals surface area contributed by atoms with E-state index in [9.17, 15) is 4.79 Å². The van der Waals surface area contributed by atoms with Crippen molar-refractivity contribution in [2.75, 3.05) is 18.0 Å². The summed E-state index contributed by atoms with van der Waals surface area (Å²) in [5.41, 5.74) is 5.64. The number of pyridine rings is 1. The standard InChI is InChI=1S/C23H26N4O/c28-23(25-15-16-7-10-22(24-14-16)27-11-3-4-12-27)17-8-9-21-19(13-17)18-5-1-2-6-20(18)26-21/h7-10,13-14,26H,1-6,11-12,15H2,(H,25,28). The molecule has 0 atom stereocenters. The predicted octanol–water partition coefficient (Wildman–Crippen LogP) is 3.97. The molecule has 1 amide bonds. The van der Waals surface area contributed by atoms with Gasteiger partial charge in [0, 0.05) is 48.0 Å². The van der Waals surface area contributed by atoms with Crippen LogP contribution in [0.4, 0.5) is 5.82 Å². The molecule has 2 aliphatic rings. The zero-order valence-electron chi connectivity index (χ0n) is 16.1. The maximum atomic E-state index is 12.7. The Morgan fingerprint density at radius 2 is 1.93 bits per heavy atom. The summed E-state index contributed by atoms with van der Waals surface area (Å²) in [5.74, 6) is 1.01. The number of nitrogens with zero attached hydrogens (tertiary/aromatic N) is 2. The third-order valence-corrected chi connectivity index (χ3v) is 6.05. The van der Waals surface area contributed by atoms with E-state index >= 15 is 0 Å². The van der Waals surface area contributed by atoms with E-state index in [1.807, 2.05) is 24.4 Å². The third kappa shape index (κ3) is 3.26. The number of fused-ring (bicyclic) bond motifs is 3. The Kier molecular flexibility index (Phi) is 4.51. The number of H-pyrrole nitrogens is 1. The van der Waals surface area contributed by atoms with Crippen LogP contribution in [0.1, 0.15) is 52.9 Å². The fraction of sp³-hybridized carbons (Fsp3) is 0.391. The number of hydrogen-bond acceptors (Lipinski definition) is 3. The van der Waals surface area contributed by atoms with Crippen molar-refractivity contribution in [1.82, 2.24) is 15.3 Å². The van der Waals surface area contributed by atoms with Crippen LogP contribution >= 0.6 is 0 Å². The van der Waals surface area contributed by atoms with Crippen LogP contribution in [0.25, 0.3) is 10.9 Å². The van der Waals surface area contributed by atoms with E-state index in [1.165, 1.54) is 42.3 Å². The molecule has 0 radical (unpaired) electrons. The average Bonchev–Trinajstić information content (AvgIpc) is 3.40. The minimum Gasteiger partial charge on any atom is -0.358 e. The van der Waals surface area contributed by atoms with Crippen molar-refractivity contribution in [1.29, 1.82) is 0 Å². The van der Waals surface area contributed by atoms with Gasteiger partial charge in [0.05, 0.1) is 0 Å². The molecule has 2 aromatic heterocycles. The third-order valence-electron chi connectivity index (χ3n) is 6.05. The van der Waals surface area contributed by atoms with Gasteiger partial charge in [0.1, 0.15) is 5.82 Å². The van der Waals surface area contributed by atoms with E-state index in [2.05, 4.69) is 32.3 Å². The van der Waals surface area contributed by atoms with Crippen LogP contribution in [-0.2, 0) is 19.4 Å². The summed E-state index contributed by atoms with van der Waals surface area (Å²) in [5, 5.41) is 4.25. The maximum Gasteiger partial charge on any atom is 0.251 e. The number of anilines is 1. The first-order valence-corrected chi connectivity index (χ1v) is 10.4. The quantitative estimate of drug-likeness (QED) is 0.726. The Morgan fingerprint density at radius 3 is 2.75 bits per heavy atom. The highest BCUT2D eigenvalue weighted by atomic mass is 16.1. The minimum atomic E-state index is -0.0312. The van der Waals surface area contributed by atoms with Crippen LogP contribution in [0.15, 0.2) is 36.5 Å². The SMILES string of the molecule is O=C(NCc1ccc(N2CCCC2)nc1)c1ccc2[nH]c3c(c2c1)CCCC3. The number of aromatic nitrogens is 2. The van der Waals surface area contributed by atoms with Crippen molar-refractivity contribution < 1.29 is 4.79 Å². The van der Waals surface area contributed by atoms with E-state index in [0.29, 0.717) is 6.54 Å². The van der Waals surface area contributed by atoms with Gasteiger partial charge in [-0.1, -0.05) is 6.07 Å². The normalized spacial score (nSPS) is 16.4. The van der Waals surface area contributed by atoms with Gasteiger partial charge in [-0.2, -0.15) is 0 Å². The van der Waals surface area contributed by atoms with Gasteiger partial charge < -0.3 is 15.2 Å². The van der Waals surface area contributed by atoms with E-state index in [4.69, 9.17) is 0 Å². The number of carbonyl (C=O) groups excluding carboxylic acids is 1. The first-order valence-electron chi connectivity index (χ1n) is 10.4. The molecule has 0 spiro atoms. The van der Waals surface area contributed by atoms with Crippen molar-refractivity contribution >= 4 is 22.6 Å². The molecule has 0 bridgehead atoms. The number of hydrogen-bond donors (Lipinski definition) is 2. The lowest BCUT2D eigenvalue weighted by atomic mass is 9.95. The first-order chi connectivity index (χ1) is 13.8. The predicted molar refractivity (Wildman–Crippen MR) is 112 cm³/mol. The van der Waals surface area contributed by atoms with Gasteiger partial charge in [-0.25, -0.2) is 4.98 Å². The lowest BCUT2D eigenvalue weighted by molar-refractivity contribution is 0.0951. The minimum absolute atomic E-state index is 0.0312. The van der Waals surface area contributed by atoms with Crippen molar-refractivity contribution in [3.05, 3.63) is 58.9 Å². The number of rotatable bonds is 4. The average molecular weight is 374 g/mol. The van der Waals surface area contributed by atoms with Gasteiger partial charge in [-0.05, 0) is 73.9 Å². The summed E-state index contributed by atoms with van der Waals surface area (Å²) in [6.45, 7) is 2.68. The Labute approximate surface area is 165 Å². The highest BCUT2D eigenvalue weighted by Crippen LogP contribution is 2.29. The van der Waals surface area contributed by atoms with Crippen molar-refractivity contribution in [2.24, 2.45) is 0 Å². The molecule has 1 aromatic carbocycles. The van der Waals surface area contributed by atoms with Crippen LogP contribution in [0, 0.1) is 0 Å². The fourth-order valence-electron chi connectivity index (χ4n) is 4.49. The molecule has 5 nitrogen and oxygen atoms in total. The zero-order chi connectivity index (χ0) is 18.9. The van der Waals surface area contributed by atoms with Gasteiger partial charge in [0.15, 0.2) is 0 Å². The molecule has 0 saturated carbocycles. The Morgan fingerprint density at radius 1 is 1.07 bits per heavy atom. The Balaban J connectivity index is 1.27. The highest BCUT2D eigenvalue weighted by molar-refractivity contribution is 5.99. The lowest BCUT2D eigenvalue weighted by Gasteiger charge is -2.16. The van der Waals surface area contributed by atoms with Crippen LogP contribution < -0.4 is 10.2 Å². The second-order valence-corrected chi connectivity index (χ2v) is 7.95. The summed E-state index contributed by atoms with van der Waals surface area (Å²) in [6, 6.07) is 10.1. The second kappa shape index (κ2) is 7.30. The summed E-state index contributed by atoms with van der Waals surface area (Å²) in [4.78, 5) is 23.1. The number of nitrogens with one attached hydrogen (secondary N) is 2. The van der Waals surface area contributed by atoms with Crippen molar-refractivity contribution in [3.8, 4) is 0 Å². The summed E-state index contributed by atoms with van der Waals surface area (Å²) < 4.78 is 0. The molecule has 1 saturated heterocycles. The first kappa shape index (κ1) is 17.3. The number of carbonyl (C=O) groups is 1. The highest BCUT2D eigenvalue weighted by Gasteiger charge is 2.17. The molecule has 3 aromatic rings. The number of benzene rings is 1. The number of aryl methyl sites for hydroxylation is 2. The molecule has 1 aliphatic heterocycles. The van der Waals surface area contributed by atoms with Gasteiger partial charge in [-0.15, -0.1) is 0 Å². The summed E-state index contributed by atoms with van der Waals surface area (Å²) >= 11 is 0. The van der Waals surface area contributed by atoms with Gasteiger partial charge >= 0.3 is 0 Å². The van der Waals surface area contributed by atoms with E-state index in [1.54, 1.807) is 0 Å². The lowest BCUT2D eigenvalue weighted by Crippen LogP contribution is -2.23. The largest absolute Gasteiger partial charge is 0.358 e. The zero-order valence-corrected chi connectivity index (χ0v) is 16.1. The van der Waals surface area contributed by atoms with Crippen LogP contribution in [0.2, 0.25) is 0 Å². The Bertz CT molecular complexity index is 999. The van der Waals surface area contributed by atoms with Gasteiger partial charge in [-0.3, -0.25) is 4.79 Å². The molecule has 2 N–H and O–H groups in total. The van der Waals surface area contributed by atoms with Crippen LogP contribution in [-0.4, -0.2) is 29.0 Å². The second-order valence-electron chi connectivity index (χ2n) is 7.95. The number of amides is 1. The molecular formula is C23H26N4O. The smallest absolute Gasteiger partial charge is 0.251 e. The van der Waals surface area contributed by atoms with E-state index in [0.717, 1.165) is 48.4 Å². The van der Waals surface area contributed by atoms with E-state index in [-0.39, 0.29) is 5.91 Å². The molecule has 3 heterocycles. The fourth-order valence-corrected chi connectivity index (χ4v) is 4.49. The topological polar surface area (TPSA) is 61.0 Å². The monoisotopic (exact) mass is 374 g/mol.